The van der Waals surface area contributed by atoms with E-state index in [-0.39, 0.29) is 0 Å². The maximum absolute atomic E-state index is 11.9. The molecular formula is C16H15BrN4O2. The lowest BCUT2D eigenvalue weighted by molar-refractivity contribution is -0.136. The Labute approximate surface area is 142 Å². The summed E-state index contributed by atoms with van der Waals surface area (Å²) in [4.78, 5) is 27.6. The van der Waals surface area contributed by atoms with Crippen molar-refractivity contribution >= 4 is 39.1 Å². The van der Waals surface area contributed by atoms with Crippen molar-refractivity contribution in [2.24, 2.45) is 5.10 Å². The van der Waals surface area contributed by atoms with Crippen molar-refractivity contribution in [1.29, 1.82) is 0 Å². The average molecular weight is 375 g/mol. The number of hydrogen-bond donors (Lipinski definition) is 2. The summed E-state index contributed by atoms with van der Waals surface area (Å²) in [6.07, 6.45) is 3.25. The number of hydrazone groups is 1. The second-order valence-electron chi connectivity index (χ2n) is 4.79. The molecule has 118 valence electrons. The SMILES string of the molecule is CC(=NNC(=O)C(=O)Nc1ccc(Br)cc1C)c1ccncc1. The number of rotatable bonds is 3. The van der Waals surface area contributed by atoms with Crippen LogP contribution >= 0.6 is 15.9 Å². The monoisotopic (exact) mass is 374 g/mol. The largest absolute Gasteiger partial charge is 0.329 e. The van der Waals surface area contributed by atoms with Crippen LogP contribution in [-0.4, -0.2) is 22.5 Å². The number of carbonyl (C=O) groups excluding carboxylic acids is 2. The summed E-state index contributed by atoms with van der Waals surface area (Å²) >= 11 is 3.34. The van der Waals surface area contributed by atoms with Gasteiger partial charge in [-0.3, -0.25) is 14.6 Å². The van der Waals surface area contributed by atoms with Gasteiger partial charge in [-0.05, 0) is 49.7 Å². The second kappa shape index (κ2) is 7.64. The standard InChI is InChI=1S/C16H15BrN4O2/c1-10-9-13(17)3-4-14(10)19-15(22)16(23)21-20-11(2)12-5-7-18-8-6-12/h3-9H,1-2H3,(H,19,22)(H,21,23). The summed E-state index contributed by atoms with van der Waals surface area (Å²) in [5.41, 5.74) is 5.04. The molecule has 0 radical (unpaired) electrons. The van der Waals surface area contributed by atoms with Gasteiger partial charge in [-0.25, -0.2) is 5.43 Å². The van der Waals surface area contributed by atoms with Crippen molar-refractivity contribution in [3.8, 4) is 0 Å². The van der Waals surface area contributed by atoms with E-state index >= 15 is 0 Å². The fourth-order valence-corrected chi connectivity index (χ4v) is 2.27. The van der Waals surface area contributed by atoms with E-state index in [2.05, 4.69) is 36.8 Å². The van der Waals surface area contributed by atoms with Gasteiger partial charge in [0.25, 0.3) is 0 Å². The predicted molar refractivity (Wildman–Crippen MR) is 92.1 cm³/mol. The molecule has 0 aliphatic rings. The number of benzene rings is 1. The molecule has 2 N–H and O–H groups in total. The van der Waals surface area contributed by atoms with E-state index in [0.29, 0.717) is 11.4 Å². The number of aromatic nitrogens is 1. The van der Waals surface area contributed by atoms with Crippen molar-refractivity contribution in [2.45, 2.75) is 13.8 Å². The highest BCUT2D eigenvalue weighted by atomic mass is 79.9. The molecule has 2 amide bonds. The summed E-state index contributed by atoms with van der Waals surface area (Å²) in [6, 6.07) is 8.87. The number of anilines is 1. The molecule has 0 unspecified atom stereocenters. The maximum atomic E-state index is 11.9. The average Bonchev–Trinajstić information content (AvgIpc) is 2.55. The van der Waals surface area contributed by atoms with Crippen LogP contribution < -0.4 is 10.7 Å². The Morgan fingerprint density at radius 2 is 1.83 bits per heavy atom. The van der Waals surface area contributed by atoms with E-state index in [9.17, 15) is 9.59 Å². The third-order valence-corrected chi connectivity index (χ3v) is 3.56. The first kappa shape index (κ1) is 16.8. The van der Waals surface area contributed by atoms with Gasteiger partial charge in [0.05, 0.1) is 5.71 Å². The molecule has 2 aromatic rings. The summed E-state index contributed by atoms with van der Waals surface area (Å²) in [5.74, 6) is -1.61. The normalized spacial score (nSPS) is 11.0. The van der Waals surface area contributed by atoms with Crippen molar-refractivity contribution in [3.63, 3.8) is 0 Å². The molecule has 1 aromatic carbocycles. The van der Waals surface area contributed by atoms with Crippen LogP contribution in [0.25, 0.3) is 0 Å². The van der Waals surface area contributed by atoms with Gasteiger partial charge in [-0.15, -0.1) is 0 Å². The zero-order valence-corrected chi connectivity index (χ0v) is 14.2. The molecule has 0 saturated heterocycles. The van der Waals surface area contributed by atoms with Gasteiger partial charge in [0.1, 0.15) is 0 Å². The molecule has 1 heterocycles. The number of nitrogens with one attached hydrogen (secondary N) is 2. The number of hydrogen-bond acceptors (Lipinski definition) is 4. The lowest BCUT2D eigenvalue weighted by Gasteiger charge is -2.08. The number of carbonyl (C=O) groups is 2. The predicted octanol–water partition coefficient (Wildman–Crippen LogP) is 2.63. The number of nitrogens with zero attached hydrogens (tertiary/aromatic N) is 2. The van der Waals surface area contributed by atoms with Gasteiger partial charge in [-0.2, -0.15) is 5.10 Å². The molecule has 1 aromatic heterocycles. The van der Waals surface area contributed by atoms with Crippen LogP contribution in [-0.2, 0) is 9.59 Å². The first-order chi connectivity index (χ1) is 11.0. The number of aryl methyl sites for hydroxylation is 1. The van der Waals surface area contributed by atoms with Crippen LogP contribution in [0.1, 0.15) is 18.1 Å². The Kier molecular flexibility index (Phi) is 5.59. The van der Waals surface area contributed by atoms with E-state index in [4.69, 9.17) is 0 Å². The summed E-state index contributed by atoms with van der Waals surface area (Å²) < 4.78 is 0.898. The topological polar surface area (TPSA) is 83.5 Å². The third kappa shape index (κ3) is 4.72. The quantitative estimate of drug-likeness (QED) is 0.492. The van der Waals surface area contributed by atoms with Crippen LogP contribution in [0.2, 0.25) is 0 Å². The Hall–Kier alpha value is -2.54. The fraction of sp³-hybridized carbons (Fsp3) is 0.125. The molecular weight excluding hydrogens is 360 g/mol. The Morgan fingerprint density at radius 3 is 2.48 bits per heavy atom. The van der Waals surface area contributed by atoms with Gasteiger partial charge in [0.2, 0.25) is 0 Å². The lowest BCUT2D eigenvalue weighted by Crippen LogP contribution is -2.33. The van der Waals surface area contributed by atoms with Crippen LogP contribution in [0, 0.1) is 6.92 Å². The highest BCUT2D eigenvalue weighted by Crippen LogP contribution is 2.19. The highest BCUT2D eigenvalue weighted by Gasteiger charge is 2.14. The molecule has 0 aliphatic heterocycles. The minimum atomic E-state index is -0.833. The van der Waals surface area contributed by atoms with Crippen LogP contribution in [0.15, 0.2) is 52.3 Å². The Balaban J connectivity index is 1.99. The summed E-state index contributed by atoms with van der Waals surface area (Å²) in [7, 11) is 0. The highest BCUT2D eigenvalue weighted by molar-refractivity contribution is 9.10. The maximum Gasteiger partial charge on any atom is 0.329 e. The minimum Gasteiger partial charge on any atom is -0.317 e. The molecule has 0 fully saturated rings. The van der Waals surface area contributed by atoms with E-state index in [1.54, 1.807) is 43.6 Å². The molecule has 23 heavy (non-hydrogen) atoms. The van der Waals surface area contributed by atoms with Gasteiger partial charge >= 0.3 is 11.8 Å². The molecule has 0 atom stereocenters. The first-order valence-corrected chi connectivity index (χ1v) is 7.59. The molecule has 0 spiro atoms. The smallest absolute Gasteiger partial charge is 0.317 e. The Morgan fingerprint density at radius 1 is 1.13 bits per heavy atom. The first-order valence-electron chi connectivity index (χ1n) is 6.79. The van der Waals surface area contributed by atoms with Gasteiger partial charge < -0.3 is 5.32 Å². The molecule has 0 bridgehead atoms. The molecule has 7 heteroatoms. The molecule has 2 rings (SSSR count). The third-order valence-electron chi connectivity index (χ3n) is 3.07. The minimum absolute atomic E-state index is 0.572. The second-order valence-corrected chi connectivity index (χ2v) is 5.70. The number of amides is 2. The summed E-state index contributed by atoms with van der Waals surface area (Å²) in [5, 5.41) is 6.46. The van der Waals surface area contributed by atoms with Crippen molar-refractivity contribution < 1.29 is 9.59 Å². The van der Waals surface area contributed by atoms with Gasteiger partial charge in [-0.1, -0.05) is 15.9 Å². The number of pyridine rings is 1. The van der Waals surface area contributed by atoms with Crippen LogP contribution in [0.4, 0.5) is 5.69 Å². The zero-order chi connectivity index (χ0) is 16.8. The van der Waals surface area contributed by atoms with Crippen molar-refractivity contribution in [3.05, 3.63) is 58.3 Å². The number of halogens is 1. The van der Waals surface area contributed by atoms with Crippen molar-refractivity contribution in [2.75, 3.05) is 5.32 Å². The van der Waals surface area contributed by atoms with E-state index < -0.39 is 11.8 Å². The fourth-order valence-electron chi connectivity index (χ4n) is 1.79. The lowest BCUT2D eigenvalue weighted by atomic mass is 10.2. The molecule has 0 aliphatic carbocycles. The summed E-state index contributed by atoms with van der Waals surface area (Å²) in [6.45, 7) is 3.57. The molecule has 6 nitrogen and oxygen atoms in total. The van der Waals surface area contributed by atoms with Gasteiger partial charge in [0, 0.05) is 28.1 Å². The van der Waals surface area contributed by atoms with Crippen molar-refractivity contribution in [1.82, 2.24) is 10.4 Å². The van der Waals surface area contributed by atoms with Crippen LogP contribution in [0.3, 0.4) is 0 Å². The molecule has 0 saturated carbocycles. The van der Waals surface area contributed by atoms with E-state index in [0.717, 1.165) is 15.6 Å². The van der Waals surface area contributed by atoms with Crippen LogP contribution in [0.5, 0.6) is 0 Å². The van der Waals surface area contributed by atoms with E-state index in [1.807, 2.05) is 13.0 Å². The van der Waals surface area contributed by atoms with E-state index in [1.165, 1.54) is 0 Å². The zero-order valence-electron chi connectivity index (χ0n) is 12.6. The van der Waals surface area contributed by atoms with Gasteiger partial charge in [0.15, 0.2) is 0 Å². The Bertz CT molecular complexity index is 760.